The molecular weight excluding hydrogens is 502 g/mol. The lowest BCUT2D eigenvalue weighted by atomic mass is 10.2. The minimum Gasteiger partial charge on any atom is -0.453 e. The predicted molar refractivity (Wildman–Crippen MR) is 126 cm³/mol. The van der Waals surface area contributed by atoms with Crippen LogP contribution < -0.4 is 16.8 Å². The van der Waals surface area contributed by atoms with E-state index < -0.39 is 27.8 Å². The number of nitrogens with one attached hydrogen (secondary N) is 1. The standard InChI is InChI=1S/C19H16F2N8O2.CH4O3S/c1-31-19(30)25-14-15(22)26-17(27-16(14)23)13-11-6-10(20)7-24-18(11)29(28-13)8-9-4-2-3-5-12(9)21;1-5(2,3)4/h2-7H,8H2,1H3,(H,25,30)(H4,22,23,26,27);1H3,(H,2,3,4). The van der Waals surface area contributed by atoms with Crippen molar-refractivity contribution in [1.29, 1.82) is 0 Å². The second-order valence-electron chi connectivity index (χ2n) is 7.16. The van der Waals surface area contributed by atoms with E-state index >= 15 is 0 Å². The highest BCUT2D eigenvalue weighted by atomic mass is 32.2. The zero-order valence-electron chi connectivity index (χ0n) is 18.8. The normalized spacial score (nSPS) is 11.0. The first-order valence-electron chi connectivity index (χ1n) is 9.83. The zero-order chi connectivity index (χ0) is 26.6. The molecule has 4 rings (SSSR count). The van der Waals surface area contributed by atoms with Gasteiger partial charge in [0.1, 0.15) is 23.0 Å². The minimum absolute atomic E-state index is 0.0184. The molecule has 0 aliphatic heterocycles. The number of ether oxygens (including phenoxy) is 1. The van der Waals surface area contributed by atoms with E-state index in [0.29, 0.717) is 11.8 Å². The van der Waals surface area contributed by atoms with Crippen molar-refractivity contribution < 1.29 is 31.3 Å². The van der Waals surface area contributed by atoms with Crippen molar-refractivity contribution in [3.05, 3.63) is 53.7 Å². The number of rotatable bonds is 4. The molecule has 0 unspecified atom stereocenters. The molecule has 0 fully saturated rings. The van der Waals surface area contributed by atoms with Gasteiger partial charge in [-0.3, -0.25) is 9.87 Å². The Bertz CT molecular complexity index is 1510. The van der Waals surface area contributed by atoms with Crippen molar-refractivity contribution >= 4 is 44.6 Å². The summed E-state index contributed by atoms with van der Waals surface area (Å²) in [6, 6.07) is 7.40. The lowest BCUT2D eigenvalue weighted by molar-refractivity contribution is 0.187. The Morgan fingerprint density at radius 3 is 2.39 bits per heavy atom. The zero-order valence-corrected chi connectivity index (χ0v) is 19.6. The van der Waals surface area contributed by atoms with E-state index in [2.05, 4.69) is 30.1 Å². The van der Waals surface area contributed by atoms with Gasteiger partial charge >= 0.3 is 6.09 Å². The van der Waals surface area contributed by atoms with Gasteiger partial charge in [-0.2, -0.15) is 13.5 Å². The number of carbonyl (C=O) groups is 1. The van der Waals surface area contributed by atoms with Crippen LogP contribution in [0.2, 0.25) is 0 Å². The third-order valence-electron chi connectivity index (χ3n) is 4.42. The average molecular weight is 522 g/mol. The highest BCUT2D eigenvalue weighted by molar-refractivity contribution is 7.85. The number of nitrogens with two attached hydrogens (primary N) is 2. The molecule has 1 aromatic carbocycles. The lowest BCUT2D eigenvalue weighted by Gasteiger charge is -2.10. The molecular formula is C20H20F2N8O5S. The number of carbonyl (C=O) groups excluding carboxylic acids is 1. The molecule has 13 nitrogen and oxygen atoms in total. The fraction of sp³-hybridized carbons (Fsp3) is 0.150. The molecule has 6 N–H and O–H groups in total. The van der Waals surface area contributed by atoms with Crippen LogP contribution in [-0.4, -0.2) is 57.2 Å². The van der Waals surface area contributed by atoms with Crippen LogP contribution in [0, 0.1) is 11.6 Å². The van der Waals surface area contributed by atoms with Gasteiger partial charge in [0.25, 0.3) is 10.1 Å². The molecule has 190 valence electrons. The number of benzene rings is 1. The maximum absolute atomic E-state index is 14.1. The van der Waals surface area contributed by atoms with Gasteiger partial charge in [-0.25, -0.2) is 33.2 Å². The summed E-state index contributed by atoms with van der Waals surface area (Å²) in [6.07, 6.45) is 0.937. The first-order valence-corrected chi connectivity index (χ1v) is 11.7. The van der Waals surface area contributed by atoms with Crippen LogP contribution in [0.5, 0.6) is 0 Å². The number of nitrogens with zero attached hydrogens (tertiary/aromatic N) is 5. The number of fused-ring (bicyclic) bond motifs is 1. The molecule has 0 spiro atoms. The Morgan fingerprint density at radius 2 is 1.81 bits per heavy atom. The maximum atomic E-state index is 14.1. The first-order chi connectivity index (χ1) is 16.9. The molecule has 1 amide bonds. The first kappa shape index (κ1) is 26.2. The Labute approximate surface area is 202 Å². The minimum atomic E-state index is -3.67. The van der Waals surface area contributed by atoms with Crippen molar-refractivity contribution in [3.8, 4) is 11.5 Å². The third kappa shape index (κ3) is 6.36. The largest absolute Gasteiger partial charge is 0.453 e. The van der Waals surface area contributed by atoms with Gasteiger partial charge in [0.2, 0.25) is 0 Å². The topological polar surface area (TPSA) is 201 Å². The second kappa shape index (κ2) is 10.4. The van der Waals surface area contributed by atoms with E-state index in [0.717, 1.165) is 6.20 Å². The summed E-state index contributed by atoms with van der Waals surface area (Å²) in [7, 11) is -2.49. The molecule has 0 bridgehead atoms. The van der Waals surface area contributed by atoms with Gasteiger partial charge in [0, 0.05) is 5.56 Å². The quantitative estimate of drug-likeness (QED) is 0.286. The molecule has 0 radical (unpaired) electrons. The Kier molecular flexibility index (Phi) is 7.59. The van der Waals surface area contributed by atoms with Crippen LogP contribution in [0.1, 0.15) is 5.56 Å². The fourth-order valence-corrected chi connectivity index (χ4v) is 2.98. The summed E-state index contributed by atoms with van der Waals surface area (Å²) >= 11 is 0. The summed E-state index contributed by atoms with van der Waals surface area (Å²) in [5.74, 6) is -1.33. The summed E-state index contributed by atoms with van der Waals surface area (Å²) in [4.78, 5) is 23.8. The number of nitrogen functional groups attached to an aromatic ring is 2. The van der Waals surface area contributed by atoms with Crippen molar-refractivity contribution in [2.45, 2.75) is 6.54 Å². The summed E-state index contributed by atoms with van der Waals surface area (Å²) in [5.41, 5.74) is 12.6. The van der Waals surface area contributed by atoms with Crippen molar-refractivity contribution in [3.63, 3.8) is 0 Å². The number of hydrogen-bond acceptors (Lipinski definition) is 10. The molecule has 0 atom stereocenters. The lowest BCUT2D eigenvalue weighted by Crippen LogP contribution is -2.16. The summed E-state index contributed by atoms with van der Waals surface area (Å²) in [5, 5.41) is 7.00. The van der Waals surface area contributed by atoms with Crippen molar-refractivity contribution in [2.75, 3.05) is 30.1 Å². The van der Waals surface area contributed by atoms with Crippen molar-refractivity contribution in [2.24, 2.45) is 0 Å². The Hall–Kier alpha value is -4.44. The Morgan fingerprint density at radius 1 is 1.19 bits per heavy atom. The molecule has 0 aliphatic rings. The molecule has 4 aromatic rings. The van der Waals surface area contributed by atoms with Crippen LogP contribution in [0.25, 0.3) is 22.6 Å². The molecule has 0 saturated carbocycles. The van der Waals surface area contributed by atoms with Crippen LogP contribution in [0.15, 0.2) is 36.5 Å². The molecule has 3 aromatic heterocycles. The molecule has 0 saturated heterocycles. The van der Waals surface area contributed by atoms with E-state index in [1.165, 1.54) is 23.9 Å². The summed E-state index contributed by atoms with van der Waals surface area (Å²) in [6.45, 7) is 0.0365. The van der Waals surface area contributed by atoms with Crippen LogP contribution >= 0.6 is 0 Å². The average Bonchev–Trinajstić information content (AvgIpc) is 3.13. The molecule has 3 heterocycles. The number of methoxy groups -OCH3 is 1. The maximum Gasteiger partial charge on any atom is 0.411 e. The third-order valence-corrected chi connectivity index (χ3v) is 4.42. The smallest absolute Gasteiger partial charge is 0.411 e. The monoisotopic (exact) mass is 522 g/mol. The number of anilines is 3. The number of pyridine rings is 1. The van der Waals surface area contributed by atoms with Crippen LogP contribution in [-0.2, 0) is 21.4 Å². The number of amides is 1. The van der Waals surface area contributed by atoms with Gasteiger partial charge in [-0.15, -0.1) is 0 Å². The second-order valence-corrected chi connectivity index (χ2v) is 8.63. The van der Waals surface area contributed by atoms with E-state index in [1.807, 2.05) is 0 Å². The fourth-order valence-electron chi connectivity index (χ4n) is 2.98. The number of aromatic nitrogens is 5. The highest BCUT2D eigenvalue weighted by Gasteiger charge is 2.21. The highest BCUT2D eigenvalue weighted by Crippen LogP contribution is 2.30. The van der Waals surface area contributed by atoms with Crippen LogP contribution in [0.3, 0.4) is 0 Å². The van der Waals surface area contributed by atoms with Crippen LogP contribution in [0.4, 0.5) is 30.9 Å². The van der Waals surface area contributed by atoms with Gasteiger partial charge in [-0.1, -0.05) is 18.2 Å². The van der Waals surface area contributed by atoms with E-state index in [9.17, 15) is 22.0 Å². The van der Waals surface area contributed by atoms with Gasteiger partial charge in [0.15, 0.2) is 23.1 Å². The Balaban J connectivity index is 0.000000658. The van der Waals surface area contributed by atoms with Gasteiger partial charge in [-0.05, 0) is 12.1 Å². The van der Waals surface area contributed by atoms with E-state index in [4.69, 9.17) is 16.0 Å². The predicted octanol–water partition coefficient (Wildman–Crippen LogP) is 2.06. The summed E-state index contributed by atoms with van der Waals surface area (Å²) < 4.78 is 59.8. The van der Waals surface area contributed by atoms with E-state index in [1.54, 1.807) is 18.2 Å². The van der Waals surface area contributed by atoms with Crippen molar-refractivity contribution in [1.82, 2.24) is 24.7 Å². The SMILES string of the molecule is COC(=O)Nc1c(N)nc(-c2nn(Cc3ccccc3F)c3ncc(F)cc23)nc1N.CS(=O)(=O)O. The molecule has 36 heavy (non-hydrogen) atoms. The number of hydrogen-bond donors (Lipinski definition) is 4. The van der Waals surface area contributed by atoms with Gasteiger partial charge in [0.05, 0.1) is 31.5 Å². The molecule has 16 heteroatoms. The van der Waals surface area contributed by atoms with Gasteiger partial charge < -0.3 is 16.2 Å². The number of halogens is 2. The molecule has 0 aliphatic carbocycles. The van der Waals surface area contributed by atoms with E-state index in [-0.39, 0.29) is 46.4 Å².